The van der Waals surface area contributed by atoms with Crippen molar-refractivity contribution >= 4 is 11.0 Å². The van der Waals surface area contributed by atoms with Crippen LogP contribution in [0, 0.1) is 6.92 Å². The topological polar surface area (TPSA) is 45.8 Å². The first-order valence-electron chi connectivity index (χ1n) is 8.57. The molecule has 1 aliphatic heterocycles. The van der Waals surface area contributed by atoms with E-state index in [2.05, 4.69) is 23.3 Å². The smallest absolute Gasteiger partial charge is 0.134 e. The van der Waals surface area contributed by atoms with Gasteiger partial charge in [0.1, 0.15) is 23.7 Å². The summed E-state index contributed by atoms with van der Waals surface area (Å²) in [7, 11) is 0. The molecule has 4 rings (SSSR count). The summed E-state index contributed by atoms with van der Waals surface area (Å²) >= 11 is 0. The lowest BCUT2D eigenvalue weighted by atomic mass is 9.75. The molecule has 0 spiro atoms. The van der Waals surface area contributed by atoms with Gasteiger partial charge in [0.25, 0.3) is 0 Å². The molecule has 4 heteroatoms. The summed E-state index contributed by atoms with van der Waals surface area (Å²) < 4.78 is 11.7. The van der Waals surface area contributed by atoms with Gasteiger partial charge in [0.05, 0.1) is 18.2 Å². The Bertz CT molecular complexity index is 780. The Labute approximate surface area is 142 Å². The van der Waals surface area contributed by atoms with Crippen LogP contribution in [0.4, 0.5) is 0 Å². The third-order valence-corrected chi connectivity index (χ3v) is 5.21. The number of rotatable bonds is 5. The van der Waals surface area contributed by atoms with E-state index in [0.717, 1.165) is 35.3 Å². The minimum atomic E-state index is -0.110. The third kappa shape index (κ3) is 2.61. The predicted molar refractivity (Wildman–Crippen MR) is 94.0 cm³/mol. The summed E-state index contributed by atoms with van der Waals surface area (Å²) in [6.07, 6.45) is 11.6. The van der Waals surface area contributed by atoms with Gasteiger partial charge in [-0.3, -0.25) is 0 Å². The molecule has 1 N–H and O–H groups in total. The van der Waals surface area contributed by atoms with Crippen LogP contribution in [0.5, 0.6) is 5.75 Å². The molecule has 1 aromatic carbocycles. The molecule has 4 nitrogen and oxygen atoms in total. The first-order valence-corrected chi connectivity index (χ1v) is 8.57. The number of benzene rings is 1. The fraction of sp³-hybridized carbons (Fsp3) is 0.400. The molecule has 1 aromatic heterocycles. The SMILES string of the molecule is Cc1cc2cc(OCC3C=CC=CN3C3(CO)CCC3)ccc2o1. The van der Waals surface area contributed by atoms with Crippen LogP contribution in [-0.2, 0) is 0 Å². The van der Waals surface area contributed by atoms with E-state index in [1.807, 2.05) is 37.3 Å². The van der Waals surface area contributed by atoms with Gasteiger partial charge in [-0.15, -0.1) is 0 Å². The van der Waals surface area contributed by atoms with E-state index in [4.69, 9.17) is 9.15 Å². The van der Waals surface area contributed by atoms with Crippen molar-refractivity contribution in [2.24, 2.45) is 0 Å². The number of allylic oxidation sites excluding steroid dienone is 2. The standard InChI is InChI=1S/C20H23NO3/c1-15-11-16-12-18(6-7-19(16)24-15)23-13-17-5-2-3-10-21(17)20(14-22)8-4-9-20/h2-3,5-7,10-12,17,22H,4,8-9,13-14H2,1H3. The Morgan fingerprint density at radius 2 is 2.17 bits per heavy atom. The zero-order chi connectivity index (χ0) is 16.6. The zero-order valence-electron chi connectivity index (χ0n) is 13.9. The van der Waals surface area contributed by atoms with Crippen molar-refractivity contribution in [1.82, 2.24) is 4.90 Å². The third-order valence-electron chi connectivity index (χ3n) is 5.21. The molecule has 1 atom stereocenters. The maximum Gasteiger partial charge on any atom is 0.134 e. The Morgan fingerprint density at radius 1 is 1.29 bits per heavy atom. The maximum absolute atomic E-state index is 9.86. The number of hydrogen-bond donors (Lipinski definition) is 1. The Kier molecular flexibility index (Phi) is 3.85. The highest BCUT2D eigenvalue weighted by atomic mass is 16.5. The second kappa shape index (κ2) is 6.02. The Morgan fingerprint density at radius 3 is 2.92 bits per heavy atom. The average molecular weight is 325 g/mol. The van der Waals surface area contributed by atoms with E-state index in [0.29, 0.717) is 6.61 Å². The summed E-state index contributed by atoms with van der Waals surface area (Å²) in [4.78, 5) is 2.27. The van der Waals surface area contributed by atoms with Gasteiger partial charge >= 0.3 is 0 Å². The van der Waals surface area contributed by atoms with Crippen molar-refractivity contribution in [3.8, 4) is 5.75 Å². The molecule has 24 heavy (non-hydrogen) atoms. The highest BCUT2D eigenvalue weighted by Gasteiger charge is 2.43. The average Bonchev–Trinajstić information content (AvgIpc) is 2.93. The van der Waals surface area contributed by atoms with Crippen molar-refractivity contribution in [2.45, 2.75) is 37.8 Å². The Hall–Kier alpha value is -2.20. The van der Waals surface area contributed by atoms with Crippen molar-refractivity contribution in [1.29, 1.82) is 0 Å². The van der Waals surface area contributed by atoms with E-state index >= 15 is 0 Å². The number of hydrogen-bond acceptors (Lipinski definition) is 4. The lowest BCUT2D eigenvalue weighted by Gasteiger charge is -2.52. The predicted octanol–water partition coefficient (Wildman–Crippen LogP) is 3.79. The van der Waals surface area contributed by atoms with Gasteiger partial charge in [-0.05, 0) is 56.5 Å². The van der Waals surface area contributed by atoms with E-state index in [9.17, 15) is 5.11 Å². The highest BCUT2D eigenvalue weighted by molar-refractivity contribution is 5.79. The number of aryl methyl sites for hydroxylation is 1. The summed E-state index contributed by atoms with van der Waals surface area (Å²) in [5.74, 6) is 1.75. The normalized spacial score (nSPS) is 21.9. The Balaban J connectivity index is 1.48. The van der Waals surface area contributed by atoms with Crippen LogP contribution < -0.4 is 4.74 Å². The lowest BCUT2D eigenvalue weighted by molar-refractivity contribution is -0.0220. The van der Waals surface area contributed by atoms with Crippen LogP contribution in [0.15, 0.2) is 53.1 Å². The van der Waals surface area contributed by atoms with Gasteiger partial charge in [-0.2, -0.15) is 0 Å². The van der Waals surface area contributed by atoms with Crippen molar-refractivity contribution in [3.05, 3.63) is 54.5 Å². The molecule has 1 saturated carbocycles. The molecule has 0 saturated heterocycles. The molecular formula is C20H23NO3. The number of aliphatic hydroxyl groups is 1. The summed E-state index contributed by atoms with van der Waals surface area (Å²) in [6, 6.07) is 8.08. The van der Waals surface area contributed by atoms with E-state index in [1.165, 1.54) is 6.42 Å². The largest absolute Gasteiger partial charge is 0.491 e. The van der Waals surface area contributed by atoms with Gasteiger partial charge < -0.3 is 19.2 Å². The zero-order valence-corrected chi connectivity index (χ0v) is 13.9. The number of fused-ring (bicyclic) bond motifs is 1. The van der Waals surface area contributed by atoms with Gasteiger partial charge in [0, 0.05) is 11.6 Å². The monoisotopic (exact) mass is 325 g/mol. The number of nitrogens with zero attached hydrogens (tertiary/aromatic N) is 1. The van der Waals surface area contributed by atoms with E-state index in [-0.39, 0.29) is 18.2 Å². The molecule has 2 aliphatic rings. The van der Waals surface area contributed by atoms with Crippen LogP contribution in [0.2, 0.25) is 0 Å². The van der Waals surface area contributed by atoms with Crippen LogP contribution >= 0.6 is 0 Å². The highest BCUT2D eigenvalue weighted by Crippen LogP contribution is 2.40. The molecule has 2 heterocycles. The molecule has 1 fully saturated rings. The van der Waals surface area contributed by atoms with E-state index < -0.39 is 0 Å². The minimum absolute atomic E-state index is 0.110. The summed E-state index contributed by atoms with van der Waals surface area (Å²) in [5.41, 5.74) is 0.775. The molecule has 2 aromatic rings. The quantitative estimate of drug-likeness (QED) is 0.908. The number of ether oxygens (including phenoxy) is 1. The summed E-state index contributed by atoms with van der Waals surface area (Å²) in [5, 5.41) is 10.9. The van der Waals surface area contributed by atoms with Crippen LogP contribution in [0.3, 0.4) is 0 Å². The number of furan rings is 1. The molecule has 0 radical (unpaired) electrons. The van der Waals surface area contributed by atoms with Crippen LogP contribution in [-0.4, -0.2) is 34.8 Å². The first kappa shape index (κ1) is 15.3. The molecular weight excluding hydrogens is 302 g/mol. The van der Waals surface area contributed by atoms with Crippen molar-refractivity contribution < 1.29 is 14.3 Å². The van der Waals surface area contributed by atoms with E-state index in [1.54, 1.807) is 0 Å². The van der Waals surface area contributed by atoms with Crippen LogP contribution in [0.25, 0.3) is 11.0 Å². The lowest BCUT2D eigenvalue weighted by Crippen LogP contribution is -2.58. The van der Waals surface area contributed by atoms with Gasteiger partial charge in [-0.1, -0.05) is 12.2 Å². The van der Waals surface area contributed by atoms with Gasteiger partial charge in [0.2, 0.25) is 0 Å². The second-order valence-corrected chi connectivity index (χ2v) is 6.80. The van der Waals surface area contributed by atoms with Crippen LogP contribution in [0.1, 0.15) is 25.0 Å². The molecule has 0 bridgehead atoms. The van der Waals surface area contributed by atoms with Crippen molar-refractivity contribution in [3.63, 3.8) is 0 Å². The molecule has 0 amide bonds. The minimum Gasteiger partial charge on any atom is -0.491 e. The van der Waals surface area contributed by atoms with Gasteiger partial charge in [0.15, 0.2) is 0 Å². The first-order chi connectivity index (χ1) is 11.7. The summed E-state index contributed by atoms with van der Waals surface area (Å²) in [6.45, 7) is 2.71. The molecule has 126 valence electrons. The number of aliphatic hydroxyl groups excluding tert-OH is 1. The fourth-order valence-electron chi connectivity index (χ4n) is 3.69. The maximum atomic E-state index is 9.86. The molecule has 1 aliphatic carbocycles. The second-order valence-electron chi connectivity index (χ2n) is 6.80. The molecule has 1 unspecified atom stereocenters. The fourth-order valence-corrected chi connectivity index (χ4v) is 3.69. The van der Waals surface area contributed by atoms with Gasteiger partial charge in [-0.25, -0.2) is 0 Å². The van der Waals surface area contributed by atoms with Crippen molar-refractivity contribution in [2.75, 3.05) is 13.2 Å².